The molecule has 0 saturated heterocycles. The Bertz CT molecular complexity index is 385. The summed E-state index contributed by atoms with van der Waals surface area (Å²) in [4.78, 5) is 10.1. The lowest BCUT2D eigenvalue weighted by Gasteiger charge is -2.25. The molecule has 0 atom stereocenters. The maximum Gasteiger partial charge on any atom is 0.269 e. The lowest BCUT2D eigenvalue weighted by atomic mass is 9.83. The van der Waals surface area contributed by atoms with Crippen molar-refractivity contribution in [1.29, 1.82) is 0 Å². The average Bonchev–Trinajstić information content (AvgIpc) is 2.32. The first-order valence-corrected chi connectivity index (χ1v) is 6.70. The fourth-order valence-corrected chi connectivity index (χ4v) is 2.23. The predicted octanol–water partition coefficient (Wildman–Crippen LogP) is 2.92. The fourth-order valence-electron chi connectivity index (χ4n) is 2.23. The summed E-state index contributed by atoms with van der Waals surface area (Å²) in [6.45, 7) is 2.04. The molecule has 1 fully saturated rings. The van der Waals surface area contributed by atoms with Gasteiger partial charge >= 0.3 is 0 Å². The first-order chi connectivity index (χ1) is 8.75. The van der Waals surface area contributed by atoms with E-state index in [1.165, 1.54) is 25.7 Å². The molecule has 1 aromatic rings. The molecule has 4 heteroatoms. The summed E-state index contributed by atoms with van der Waals surface area (Å²) in [5.74, 6) is 0.955. The SMILES string of the molecule is O=[N+]([O-])c1ccc(CCNCCC2CCC2)cc1. The molecule has 1 aliphatic rings. The molecule has 0 aromatic heterocycles. The van der Waals surface area contributed by atoms with Gasteiger partial charge in [0.05, 0.1) is 4.92 Å². The summed E-state index contributed by atoms with van der Waals surface area (Å²) in [5.41, 5.74) is 1.31. The van der Waals surface area contributed by atoms with E-state index in [1.54, 1.807) is 12.1 Å². The van der Waals surface area contributed by atoms with Crippen LogP contribution in [0.5, 0.6) is 0 Å². The van der Waals surface area contributed by atoms with Crippen LogP contribution in [0.3, 0.4) is 0 Å². The largest absolute Gasteiger partial charge is 0.316 e. The molecule has 2 rings (SSSR count). The minimum atomic E-state index is -0.360. The van der Waals surface area contributed by atoms with E-state index in [0.29, 0.717) is 0 Å². The molecular formula is C14H20N2O2. The summed E-state index contributed by atoms with van der Waals surface area (Å²) >= 11 is 0. The summed E-state index contributed by atoms with van der Waals surface area (Å²) in [6, 6.07) is 6.82. The predicted molar refractivity (Wildman–Crippen MR) is 71.6 cm³/mol. The van der Waals surface area contributed by atoms with Crippen molar-refractivity contribution in [2.75, 3.05) is 13.1 Å². The maximum atomic E-state index is 10.5. The Hall–Kier alpha value is -1.42. The molecule has 0 heterocycles. The number of hydrogen-bond donors (Lipinski definition) is 1. The Morgan fingerprint density at radius 2 is 1.94 bits per heavy atom. The van der Waals surface area contributed by atoms with Crippen molar-refractivity contribution in [2.24, 2.45) is 5.92 Å². The molecule has 4 nitrogen and oxygen atoms in total. The molecule has 0 unspecified atom stereocenters. The van der Waals surface area contributed by atoms with Crippen LogP contribution in [0, 0.1) is 16.0 Å². The van der Waals surface area contributed by atoms with Crippen molar-refractivity contribution in [3.63, 3.8) is 0 Å². The molecule has 1 aliphatic carbocycles. The Morgan fingerprint density at radius 1 is 1.22 bits per heavy atom. The zero-order valence-corrected chi connectivity index (χ0v) is 10.6. The van der Waals surface area contributed by atoms with Crippen molar-refractivity contribution >= 4 is 5.69 Å². The lowest BCUT2D eigenvalue weighted by molar-refractivity contribution is -0.384. The van der Waals surface area contributed by atoms with Gasteiger partial charge in [0.25, 0.3) is 5.69 Å². The van der Waals surface area contributed by atoms with E-state index in [9.17, 15) is 10.1 Å². The van der Waals surface area contributed by atoms with E-state index in [2.05, 4.69) is 5.32 Å². The van der Waals surface area contributed by atoms with Crippen molar-refractivity contribution in [2.45, 2.75) is 32.1 Å². The minimum Gasteiger partial charge on any atom is -0.316 e. The minimum absolute atomic E-state index is 0.164. The molecule has 98 valence electrons. The highest BCUT2D eigenvalue weighted by Crippen LogP contribution is 2.28. The Kier molecular flexibility index (Phi) is 4.70. The second kappa shape index (κ2) is 6.50. The number of nitro groups is 1. The first-order valence-electron chi connectivity index (χ1n) is 6.70. The summed E-state index contributed by atoms with van der Waals surface area (Å²) in [6.07, 6.45) is 6.45. The highest BCUT2D eigenvalue weighted by molar-refractivity contribution is 5.32. The molecule has 1 aromatic carbocycles. The van der Waals surface area contributed by atoms with Gasteiger partial charge in [-0.05, 0) is 37.4 Å². The zero-order chi connectivity index (χ0) is 12.8. The number of rotatable bonds is 7. The highest BCUT2D eigenvalue weighted by Gasteiger charge is 2.15. The molecule has 0 aliphatic heterocycles. The van der Waals surface area contributed by atoms with Gasteiger partial charge in [-0.1, -0.05) is 31.4 Å². The van der Waals surface area contributed by atoms with Gasteiger partial charge in [0.2, 0.25) is 0 Å². The molecule has 0 spiro atoms. The molecular weight excluding hydrogens is 228 g/mol. The number of nitrogens with zero attached hydrogens (tertiary/aromatic N) is 1. The molecule has 1 N–H and O–H groups in total. The third kappa shape index (κ3) is 3.81. The third-order valence-electron chi connectivity index (χ3n) is 3.69. The number of hydrogen-bond acceptors (Lipinski definition) is 3. The molecule has 18 heavy (non-hydrogen) atoms. The Morgan fingerprint density at radius 3 is 2.50 bits per heavy atom. The van der Waals surface area contributed by atoms with Crippen LogP contribution in [0.2, 0.25) is 0 Å². The van der Waals surface area contributed by atoms with Gasteiger partial charge in [-0.3, -0.25) is 10.1 Å². The van der Waals surface area contributed by atoms with Gasteiger partial charge in [-0.15, -0.1) is 0 Å². The monoisotopic (exact) mass is 248 g/mol. The van der Waals surface area contributed by atoms with Crippen molar-refractivity contribution in [3.8, 4) is 0 Å². The average molecular weight is 248 g/mol. The number of non-ortho nitro benzene ring substituents is 1. The van der Waals surface area contributed by atoms with Gasteiger partial charge in [-0.25, -0.2) is 0 Å². The van der Waals surface area contributed by atoms with Crippen LogP contribution in [0.4, 0.5) is 5.69 Å². The summed E-state index contributed by atoms with van der Waals surface area (Å²) in [7, 11) is 0. The van der Waals surface area contributed by atoms with Gasteiger partial charge in [0.1, 0.15) is 0 Å². The summed E-state index contributed by atoms with van der Waals surface area (Å²) in [5, 5.41) is 13.9. The molecule has 1 saturated carbocycles. The van der Waals surface area contributed by atoms with E-state index in [-0.39, 0.29) is 10.6 Å². The van der Waals surface area contributed by atoms with Gasteiger partial charge in [-0.2, -0.15) is 0 Å². The van der Waals surface area contributed by atoms with Crippen LogP contribution >= 0.6 is 0 Å². The molecule has 0 amide bonds. The van der Waals surface area contributed by atoms with Gasteiger partial charge in [0, 0.05) is 12.1 Å². The van der Waals surface area contributed by atoms with E-state index in [4.69, 9.17) is 0 Å². The van der Waals surface area contributed by atoms with E-state index in [0.717, 1.165) is 31.0 Å². The standard InChI is InChI=1S/C14H20N2O2/c17-16(18)14-6-4-13(5-7-14)9-11-15-10-8-12-2-1-3-12/h4-7,12,15H,1-3,8-11H2. The van der Waals surface area contributed by atoms with Crippen LogP contribution in [0.15, 0.2) is 24.3 Å². The van der Waals surface area contributed by atoms with Crippen LogP contribution in [0.25, 0.3) is 0 Å². The van der Waals surface area contributed by atoms with Crippen molar-refractivity contribution in [3.05, 3.63) is 39.9 Å². The number of benzene rings is 1. The topological polar surface area (TPSA) is 55.2 Å². The highest BCUT2D eigenvalue weighted by atomic mass is 16.6. The van der Waals surface area contributed by atoms with E-state index >= 15 is 0 Å². The van der Waals surface area contributed by atoms with Crippen LogP contribution in [-0.2, 0) is 6.42 Å². The van der Waals surface area contributed by atoms with Crippen LogP contribution in [-0.4, -0.2) is 18.0 Å². The number of nitro benzene ring substituents is 1. The van der Waals surface area contributed by atoms with Gasteiger partial charge < -0.3 is 5.32 Å². The molecule has 0 bridgehead atoms. The smallest absolute Gasteiger partial charge is 0.269 e. The first kappa shape index (κ1) is 13.0. The maximum absolute atomic E-state index is 10.5. The Balaban J connectivity index is 1.61. The quantitative estimate of drug-likeness (QED) is 0.458. The van der Waals surface area contributed by atoms with Crippen molar-refractivity contribution in [1.82, 2.24) is 5.32 Å². The second-order valence-corrected chi connectivity index (χ2v) is 5.01. The zero-order valence-electron chi connectivity index (χ0n) is 10.6. The second-order valence-electron chi connectivity index (χ2n) is 5.01. The molecule has 0 radical (unpaired) electrons. The lowest BCUT2D eigenvalue weighted by Crippen LogP contribution is -2.23. The van der Waals surface area contributed by atoms with Gasteiger partial charge in [0.15, 0.2) is 0 Å². The normalized spacial score (nSPS) is 15.3. The fraction of sp³-hybridized carbons (Fsp3) is 0.571. The van der Waals surface area contributed by atoms with E-state index < -0.39 is 0 Å². The Labute approximate surface area is 108 Å². The van der Waals surface area contributed by atoms with Crippen LogP contribution in [0.1, 0.15) is 31.2 Å². The third-order valence-corrected chi connectivity index (χ3v) is 3.69. The summed E-state index contributed by atoms with van der Waals surface area (Å²) < 4.78 is 0. The number of nitrogens with one attached hydrogen (secondary N) is 1. The van der Waals surface area contributed by atoms with Crippen molar-refractivity contribution < 1.29 is 4.92 Å². The van der Waals surface area contributed by atoms with Crippen LogP contribution < -0.4 is 5.32 Å². The van der Waals surface area contributed by atoms with E-state index in [1.807, 2.05) is 12.1 Å².